The van der Waals surface area contributed by atoms with Gasteiger partial charge in [0.1, 0.15) is 12.7 Å². The van der Waals surface area contributed by atoms with Gasteiger partial charge in [-0.2, -0.15) is 0 Å². The van der Waals surface area contributed by atoms with E-state index in [4.69, 9.17) is 9.47 Å². The molecule has 0 spiro atoms. The average molecular weight is 312 g/mol. The summed E-state index contributed by atoms with van der Waals surface area (Å²) in [7, 11) is 0. The highest BCUT2D eigenvalue weighted by atomic mass is 16.6. The van der Waals surface area contributed by atoms with Gasteiger partial charge in [0.25, 0.3) is 0 Å². The number of benzene rings is 2. The normalized spacial score (nSPS) is 11.5. The van der Waals surface area contributed by atoms with Crippen molar-refractivity contribution in [1.29, 1.82) is 0 Å². The first kappa shape index (κ1) is 16.7. The number of ether oxygens (including phenoxy) is 2. The van der Waals surface area contributed by atoms with Crippen LogP contribution < -0.4 is 0 Å². The van der Waals surface area contributed by atoms with Crippen LogP contribution in [0.3, 0.4) is 0 Å². The number of carbonyl (C=O) groups excluding carboxylic acids is 2. The maximum absolute atomic E-state index is 12.0. The van der Waals surface area contributed by atoms with Gasteiger partial charge in [-0.25, -0.2) is 4.79 Å². The number of hydrogen-bond acceptors (Lipinski definition) is 4. The van der Waals surface area contributed by atoms with Crippen molar-refractivity contribution < 1.29 is 19.1 Å². The Balaban J connectivity index is 1.82. The van der Waals surface area contributed by atoms with Crippen LogP contribution in [0.5, 0.6) is 0 Å². The SMILES string of the molecule is CCC(CC(=O)OCc1ccccc1)OC(=O)c1ccccc1. The van der Waals surface area contributed by atoms with Gasteiger partial charge in [-0.05, 0) is 24.1 Å². The highest BCUT2D eigenvalue weighted by Crippen LogP contribution is 2.11. The molecular formula is C19H20O4. The fourth-order valence-corrected chi connectivity index (χ4v) is 2.05. The minimum Gasteiger partial charge on any atom is -0.461 e. The molecule has 4 heteroatoms. The van der Waals surface area contributed by atoms with E-state index < -0.39 is 12.1 Å². The van der Waals surface area contributed by atoms with Crippen LogP contribution in [0.15, 0.2) is 60.7 Å². The molecule has 0 saturated carbocycles. The molecule has 120 valence electrons. The number of esters is 2. The highest BCUT2D eigenvalue weighted by molar-refractivity contribution is 5.89. The van der Waals surface area contributed by atoms with Crippen LogP contribution in [-0.2, 0) is 20.9 Å². The first-order chi connectivity index (χ1) is 11.2. The molecule has 0 amide bonds. The van der Waals surface area contributed by atoms with E-state index in [9.17, 15) is 9.59 Å². The Bertz CT molecular complexity index is 622. The predicted molar refractivity (Wildman–Crippen MR) is 86.8 cm³/mol. The third-order valence-electron chi connectivity index (χ3n) is 3.38. The van der Waals surface area contributed by atoms with Crippen LogP contribution in [0, 0.1) is 0 Å². The monoisotopic (exact) mass is 312 g/mol. The molecule has 0 aliphatic heterocycles. The van der Waals surface area contributed by atoms with Gasteiger partial charge < -0.3 is 9.47 Å². The van der Waals surface area contributed by atoms with E-state index in [1.807, 2.05) is 43.3 Å². The molecule has 0 N–H and O–H groups in total. The minimum atomic E-state index is -0.481. The zero-order valence-electron chi connectivity index (χ0n) is 13.1. The summed E-state index contributed by atoms with van der Waals surface area (Å²) in [4.78, 5) is 23.9. The summed E-state index contributed by atoms with van der Waals surface area (Å²) in [5, 5.41) is 0. The van der Waals surface area contributed by atoms with E-state index in [0.29, 0.717) is 12.0 Å². The van der Waals surface area contributed by atoms with Crippen LogP contribution in [0.2, 0.25) is 0 Å². The van der Waals surface area contributed by atoms with Crippen molar-refractivity contribution in [1.82, 2.24) is 0 Å². The molecule has 2 aromatic carbocycles. The van der Waals surface area contributed by atoms with E-state index >= 15 is 0 Å². The van der Waals surface area contributed by atoms with Gasteiger partial charge in [0.05, 0.1) is 12.0 Å². The minimum absolute atomic E-state index is 0.0574. The van der Waals surface area contributed by atoms with Gasteiger partial charge in [-0.15, -0.1) is 0 Å². The van der Waals surface area contributed by atoms with Crippen molar-refractivity contribution in [2.75, 3.05) is 0 Å². The van der Waals surface area contributed by atoms with Crippen LogP contribution in [0.4, 0.5) is 0 Å². The molecule has 0 radical (unpaired) electrons. The highest BCUT2D eigenvalue weighted by Gasteiger charge is 2.18. The third kappa shape index (κ3) is 5.58. The molecule has 1 unspecified atom stereocenters. The Kier molecular flexibility index (Phi) is 6.36. The molecule has 23 heavy (non-hydrogen) atoms. The molecule has 4 nitrogen and oxygen atoms in total. The van der Waals surface area contributed by atoms with Crippen molar-refractivity contribution in [2.24, 2.45) is 0 Å². The molecule has 0 aliphatic rings. The van der Waals surface area contributed by atoms with Gasteiger partial charge in [0, 0.05) is 0 Å². The Morgan fingerprint density at radius 3 is 2.17 bits per heavy atom. The lowest BCUT2D eigenvalue weighted by Gasteiger charge is -2.15. The lowest BCUT2D eigenvalue weighted by molar-refractivity contribution is -0.147. The van der Waals surface area contributed by atoms with Crippen LogP contribution in [-0.4, -0.2) is 18.0 Å². The zero-order valence-corrected chi connectivity index (χ0v) is 13.1. The van der Waals surface area contributed by atoms with Crippen molar-refractivity contribution >= 4 is 11.9 Å². The second-order valence-corrected chi connectivity index (χ2v) is 5.15. The molecule has 0 aliphatic carbocycles. The lowest BCUT2D eigenvalue weighted by atomic mass is 10.2. The van der Waals surface area contributed by atoms with Crippen LogP contribution in [0.1, 0.15) is 35.7 Å². The Hall–Kier alpha value is -2.62. The second kappa shape index (κ2) is 8.73. The van der Waals surface area contributed by atoms with Gasteiger partial charge in [0.15, 0.2) is 0 Å². The maximum atomic E-state index is 12.0. The van der Waals surface area contributed by atoms with Gasteiger partial charge in [-0.3, -0.25) is 4.79 Å². The number of carbonyl (C=O) groups is 2. The molecular weight excluding hydrogens is 292 g/mol. The predicted octanol–water partition coefficient (Wildman–Crippen LogP) is 3.76. The molecule has 0 fully saturated rings. The fourth-order valence-electron chi connectivity index (χ4n) is 2.05. The number of hydrogen-bond donors (Lipinski definition) is 0. The first-order valence-electron chi connectivity index (χ1n) is 7.64. The van der Waals surface area contributed by atoms with Crippen molar-refractivity contribution in [2.45, 2.75) is 32.5 Å². The van der Waals surface area contributed by atoms with Crippen LogP contribution in [0.25, 0.3) is 0 Å². The molecule has 2 rings (SSSR count). The van der Waals surface area contributed by atoms with Gasteiger partial charge in [-0.1, -0.05) is 55.5 Å². The fraction of sp³-hybridized carbons (Fsp3) is 0.263. The van der Waals surface area contributed by atoms with Crippen molar-refractivity contribution in [3.63, 3.8) is 0 Å². The summed E-state index contributed by atoms with van der Waals surface area (Å²) in [5.74, 6) is -0.796. The summed E-state index contributed by atoms with van der Waals surface area (Å²) < 4.78 is 10.6. The Morgan fingerprint density at radius 2 is 1.57 bits per heavy atom. The van der Waals surface area contributed by atoms with E-state index in [1.54, 1.807) is 24.3 Å². The zero-order chi connectivity index (χ0) is 16.5. The smallest absolute Gasteiger partial charge is 0.338 e. The van der Waals surface area contributed by atoms with E-state index in [2.05, 4.69) is 0 Å². The van der Waals surface area contributed by atoms with E-state index in [1.165, 1.54) is 0 Å². The molecule has 0 aromatic heterocycles. The Labute approximate surface area is 136 Å². The summed E-state index contributed by atoms with van der Waals surface area (Å²) in [5.41, 5.74) is 1.40. The largest absolute Gasteiger partial charge is 0.461 e. The summed E-state index contributed by atoms with van der Waals surface area (Å²) in [6.07, 6.45) is 0.131. The summed E-state index contributed by atoms with van der Waals surface area (Å²) in [6, 6.07) is 18.2. The van der Waals surface area contributed by atoms with Crippen LogP contribution >= 0.6 is 0 Å². The molecule has 0 bridgehead atoms. The van der Waals surface area contributed by atoms with Crippen molar-refractivity contribution in [3.8, 4) is 0 Å². The topological polar surface area (TPSA) is 52.6 Å². The maximum Gasteiger partial charge on any atom is 0.338 e. The second-order valence-electron chi connectivity index (χ2n) is 5.15. The van der Waals surface area contributed by atoms with Crippen molar-refractivity contribution in [3.05, 3.63) is 71.8 Å². The molecule has 0 saturated heterocycles. The van der Waals surface area contributed by atoms with E-state index in [-0.39, 0.29) is 19.0 Å². The molecule has 1 atom stereocenters. The molecule has 2 aromatic rings. The standard InChI is InChI=1S/C19H20O4/c1-2-17(23-19(21)16-11-7-4-8-12-16)13-18(20)22-14-15-9-5-3-6-10-15/h3-12,17H,2,13-14H2,1H3. The van der Waals surface area contributed by atoms with Gasteiger partial charge in [0.2, 0.25) is 0 Å². The average Bonchev–Trinajstić information content (AvgIpc) is 2.61. The lowest BCUT2D eigenvalue weighted by Crippen LogP contribution is -2.22. The quantitative estimate of drug-likeness (QED) is 0.731. The molecule has 0 heterocycles. The first-order valence-corrected chi connectivity index (χ1v) is 7.64. The number of rotatable bonds is 7. The third-order valence-corrected chi connectivity index (χ3v) is 3.38. The Morgan fingerprint density at radius 1 is 0.957 bits per heavy atom. The summed E-state index contributed by atoms with van der Waals surface area (Å²) >= 11 is 0. The summed E-state index contributed by atoms with van der Waals surface area (Å²) in [6.45, 7) is 2.09. The van der Waals surface area contributed by atoms with E-state index in [0.717, 1.165) is 5.56 Å². The van der Waals surface area contributed by atoms with Gasteiger partial charge >= 0.3 is 11.9 Å².